The maximum absolute atomic E-state index is 13.4. The Bertz CT molecular complexity index is 940. The average Bonchev–Trinajstić information content (AvgIpc) is 2.61. The molecule has 2 amide bonds. The number of benzene rings is 2. The lowest BCUT2D eigenvalue weighted by Gasteiger charge is -2.19. The van der Waals surface area contributed by atoms with Crippen molar-refractivity contribution in [1.82, 2.24) is 0 Å². The van der Waals surface area contributed by atoms with E-state index in [0.29, 0.717) is 11.7 Å². The second-order valence-corrected chi connectivity index (χ2v) is 7.36. The van der Waals surface area contributed by atoms with Gasteiger partial charge in [0.2, 0.25) is 5.91 Å². The first kappa shape index (κ1) is 23.3. The summed E-state index contributed by atoms with van der Waals surface area (Å²) < 4.78 is 45.9. The van der Waals surface area contributed by atoms with E-state index in [9.17, 15) is 22.8 Å². The highest BCUT2D eigenvalue weighted by atomic mass is 19.4. The van der Waals surface area contributed by atoms with Crippen molar-refractivity contribution in [2.24, 2.45) is 0 Å². The van der Waals surface area contributed by atoms with Gasteiger partial charge in [-0.25, -0.2) is 0 Å². The molecule has 162 valence electrons. The van der Waals surface area contributed by atoms with Gasteiger partial charge in [-0.05, 0) is 61.2 Å². The fraction of sp³-hybridized carbons (Fsp3) is 0.364. The third kappa shape index (κ3) is 5.98. The lowest BCUT2D eigenvalue weighted by Crippen LogP contribution is -2.31. The van der Waals surface area contributed by atoms with Crippen LogP contribution in [0.3, 0.4) is 0 Å². The zero-order valence-corrected chi connectivity index (χ0v) is 17.5. The summed E-state index contributed by atoms with van der Waals surface area (Å²) in [6.45, 7) is 8.71. The first-order chi connectivity index (χ1) is 13.9. The molecule has 2 aromatic carbocycles. The Hall–Kier alpha value is -3.03. The fourth-order valence-corrected chi connectivity index (χ4v) is 3.03. The van der Waals surface area contributed by atoms with E-state index >= 15 is 0 Å². The molecule has 2 N–H and O–H groups in total. The molecule has 0 bridgehead atoms. The number of nitrogens with one attached hydrogen (secondary N) is 2. The summed E-state index contributed by atoms with van der Waals surface area (Å²) in [5, 5.41) is 4.56. The molecule has 1 atom stereocenters. The molecule has 0 saturated carbocycles. The molecule has 0 aromatic heterocycles. The Kier molecular flexibility index (Phi) is 7.12. The first-order valence-electron chi connectivity index (χ1n) is 9.45. The summed E-state index contributed by atoms with van der Waals surface area (Å²) in [5.74, 6) is -0.434. The predicted molar refractivity (Wildman–Crippen MR) is 110 cm³/mol. The van der Waals surface area contributed by atoms with E-state index in [2.05, 4.69) is 24.5 Å². The third-order valence-corrected chi connectivity index (χ3v) is 4.45. The largest absolute Gasteiger partial charge is 0.481 e. The highest BCUT2D eigenvalue weighted by Gasteiger charge is 2.35. The van der Waals surface area contributed by atoms with Crippen LogP contribution in [0.5, 0.6) is 5.75 Å². The second kappa shape index (κ2) is 9.19. The number of hydrogen-bond acceptors (Lipinski definition) is 3. The minimum absolute atomic E-state index is 0.0159. The summed E-state index contributed by atoms with van der Waals surface area (Å²) in [5.41, 5.74) is 0.657. The van der Waals surface area contributed by atoms with Gasteiger partial charge in [0.1, 0.15) is 5.75 Å². The summed E-state index contributed by atoms with van der Waals surface area (Å²) in [6, 6.07) is 8.59. The summed E-state index contributed by atoms with van der Waals surface area (Å²) in [6.07, 6.45) is -5.74. The molecule has 0 heterocycles. The van der Waals surface area contributed by atoms with Gasteiger partial charge in [-0.2, -0.15) is 13.2 Å². The molecular formula is C22H25F3N2O3. The van der Waals surface area contributed by atoms with Crippen molar-refractivity contribution in [1.29, 1.82) is 0 Å². The Morgan fingerprint density at radius 3 is 2.20 bits per heavy atom. The Balaban J connectivity index is 2.18. The van der Waals surface area contributed by atoms with Gasteiger partial charge in [-0.3, -0.25) is 9.59 Å². The summed E-state index contributed by atoms with van der Waals surface area (Å²) >= 11 is 0. The number of rotatable bonds is 6. The molecular weight excluding hydrogens is 397 g/mol. The number of alkyl halides is 3. The quantitative estimate of drug-likeness (QED) is 0.646. The van der Waals surface area contributed by atoms with Crippen molar-refractivity contribution in [2.45, 2.75) is 52.8 Å². The summed E-state index contributed by atoms with van der Waals surface area (Å²) in [4.78, 5) is 23.5. The van der Waals surface area contributed by atoms with Gasteiger partial charge in [0.05, 0.1) is 11.3 Å². The van der Waals surface area contributed by atoms with E-state index in [4.69, 9.17) is 4.74 Å². The monoisotopic (exact) mass is 422 g/mol. The zero-order valence-electron chi connectivity index (χ0n) is 17.5. The molecule has 2 rings (SSSR count). The van der Waals surface area contributed by atoms with Crippen LogP contribution in [0.4, 0.5) is 24.5 Å². The standard InChI is InChI=1S/C22H25F3N2O3/c1-12(2)18-8-7-17(10-13(18)3)30-14(4)21(29)27-20-9-6-16(26-15(5)28)11-19(20)22(23,24)25/h6-12,14H,1-5H3,(H,26,28)(H,27,29). The highest BCUT2D eigenvalue weighted by molar-refractivity contribution is 5.95. The summed E-state index contributed by atoms with van der Waals surface area (Å²) in [7, 11) is 0. The van der Waals surface area contributed by atoms with Crippen LogP contribution in [0.1, 0.15) is 50.3 Å². The topological polar surface area (TPSA) is 67.4 Å². The van der Waals surface area contributed by atoms with Gasteiger partial charge in [0.15, 0.2) is 6.10 Å². The van der Waals surface area contributed by atoms with Gasteiger partial charge in [0.25, 0.3) is 5.91 Å². The number of anilines is 2. The number of carbonyl (C=O) groups is 2. The van der Waals surface area contributed by atoms with Crippen molar-refractivity contribution in [3.63, 3.8) is 0 Å². The van der Waals surface area contributed by atoms with Gasteiger partial charge in [-0.15, -0.1) is 0 Å². The maximum atomic E-state index is 13.4. The molecule has 0 fully saturated rings. The van der Waals surface area contributed by atoms with Crippen LogP contribution in [-0.4, -0.2) is 17.9 Å². The molecule has 30 heavy (non-hydrogen) atoms. The first-order valence-corrected chi connectivity index (χ1v) is 9.45. The van der Waals surface area contributed by atoms with Crippen molar-refractivity contribution in [3.05, 3.63) is 53.1 Å². The predicted octanol–water partition coefficient (Wildman–Crippen LogP) is 5.50. The Morgan fingerprint density at radius 1 is 1.00 bits per heavy atom. The van der Waals surface area contributed by atoms with Crippen molar-refractivity contribution < 1.29 is 27.5 Å². The average molecular weight is 422 g/mol. The van der Waals surface area contributed by atoms with E-state index in [1.54, 1.807) is 12.1 Å². The highest BCUT2D eigenvalue weighted by Crippen LogP contribution is 2.36. The lowest BCUT2D eigenvalue weighted by molar-refractivity contribution is -0.137. The van der Waals surface area contributed by atoms with Crippen molar-refractivity contribution >= 4 is 23.2 Å². The molecule has 5 nitrogen and oxygen atoms in total. The van der Waals surface area contributed by atoms with E-state index in [0.717, 1.165) is 23.3 Å². The van der Waals surface area contributed by atoms with Crippen LogP contribution in [0.2, 0.25) is 0 Å². The normalized spacial score (nSPS) is 12.4. The SMILES string of the molecule is CC(=O)Nc1ccc(NC(=O)C(C)Oc2ccc(C(C)C)c(C)c2)c(C(F)(F)F)c1. The van der Waals surface area contributed by atoms with Crippen LogP contribution in [-0.2, 0) is 15.8 Å². The van der Waals surface area contributed by atoms with Crippen LogP contribution in [0.25, 0.3) is 0 Å². The number of aryl methyl sites for hydroxylation is 1. The number of amides is 2. The number of hydrogen-bond donors (Lipinski definition) is 2. The maximum Gasteiger partial charge on any atom is 0.418 e. The number of ether oxygens (including phenoxy) is 1. The molecule has 0 aliphatic carbocycles. The Morgan fingerprint density at radius 2 is 1.67 bits per heavy atom. The third-order valence-electron chi connectivity index (χ3n) is 4.45. The van der Waals surface area contributed by atoms with E-state index in [-0.39, 0.29) is 5.69 Å². The number of carbonyl (C=O) groups excluding carboxylic acids is 2. The van der Waals surface area contributed by atoms with Crippen LogP contribution in [0.15, 0.2) is 36.4 Å². The zero-order chi connectivity index (χ0) is 22.6. The molecule has 0 spiro atoms. The molecule has 8 heteroatoms. The molecule has 0 radical (unpaired) electrons. The van der Waals surface area contributed by atoms with Gasteiger partial charge < -0.3 is 15.4 Å². The van der Waals surface area contributed by atoms with Crippen LogP contribution in [0, 0.1) is 6.92 Å². The fourth-order valence-electron chi connectivity index (χ4n) is 3.03. The van der Waals surface area contributed by atoms with Crippen LogP contribution >= 0.6 is 0 Å². The van der Waals surface area contributed by atoms with E-state index < -0.39 is 35.3 Å². The van der Waals surface area contributed by atoms with E-state index in [1.807, 2.05) is 13.0 Å². The molecule has 2 aromatic rings. The van der Waals surface area contributed by atoms with Gasteiger partial charge in [0, 0.05) is 12.6 Å². The van der Waals surface area contributed by atoms with E-state index in [1.165, 1.54) is 19.9 Å². The minimum Gasteiger partial charge on any atom is -0.481 e. The molecule has 0 aliphatic heterocycles. The number of halogens is 3. The van der Waals surface area contributed by atoms with Crippen molar-refractivity contribution in [2.75, 3.05) is 10.6 Å². The van der Waals surface area contributed by atoms with Gasteiger partial charge in [-0.1, -0.05) is 19.9 Å². The smallest absolute Gasteiger partial charge is 0.418 e. The second-order valence-electron chi connectivity index (χ2n) is 7.36. The Labute approximate surface area is 173 Å². The molecule has 0 saturated heterocycles. The van der Waals surface area contributed by atoms with Crippen molar-refractivity contribution in [3.8, 4) is 5.75 Å². The lowest BCUT2D eigenvalue weighted by atomic mass is 9.98. The van der Waals surface area contributed by atoms with Gasteiger partial charge >= 0.3 is 6.18 Å². The molecule has 0 aliphatic rings. The molecule has 1 unspecified atom stereocenters. The van der Waals surface area contributed by atoms with Crippen LogP contribution < -0.4 is 15.4 Å². The minimum atomic E-state index is -4.72.